The van der Waals surface area contributed by atoms with Gasteiger partial charge in [-0.1, -0.05) is 18.6 Å². The molecule has 128 valence electrons. The summed E-state index contributed by atoms with van der Waals surface area (Å²) >= 11 is 0. The van der Waals surface area contributed by atoms with Gasteiger partial charge in [0.05, 0.1) is 6.10 Å². The number of hydrogen-bond acceptors (Lipinski definition) is 4. The molecule has 1 aromatic heterocycles. The zero-order valence-electron chi connectivity index (χ0n) is 14.0. The van der Waals surface area contributed by atoms with Crippen molar-refractivity contribution in [3.8, 4) is 5.75 Å². The van der Waals surface area contributed by atoms with Crippen molar-refractivity contribution >= 4 is 5.91 Å². The van der Waals surface area contributed by atoms with Gasteiger partial charge in [0.2, 0.25) is 5.91 Å². The van der Waals surface area contributed by atoms with Crippen LogP contribution in [0.15, 0.2) is 36.9 Å². The van der Waals surface area contributed by atoms with Gasteiger partial charge in [-0.05, 0) is 50.3 Å². The average Bonchev–Trinajstić information content (AvgIpc) is 3.16. The highest BCUT2D eigenvalue weighted by molar-refractivity contribution is 5.79. The predicted molar refractivity (Wildman–Crippen MR) is 90.5 cm³/mol. The van der Waals surface area contributed by atoms with Crippen LogP contribution in [0.2, 0.25) is 0 Å². The number of carbonyl (C=O) groups excluding carboxylic acids is 1. The molecule has 1 heterocycles. The maximum Gasteiger partial charge on any atom is 0.244 e. The van der Waals surface area contributed by atoms with Crippen LogP contribution < -0.4 is 10.1 Å². The van der Waals surface area contributed by atoms with E-state index in [4.69, 9.17) is 4.74 Å². The molecule has 0 saturated heterocycles. The standard InChI is InChI=1S/C18H24N4O2/c1-14(22-13-19-12-21-22)18(23)20-11-15-7-9-17(10-8-15)24-16-5-3-2-4-6-16/h7-10,12-14,16H,2-6,11H2,1H3,(H,20,23). The maximum atomic E-state index is 12.1. The first-order chi connectivity index (χ1) is 11.7. The third kappa shape index (κ3) is 4.34. The molecule has 1 N–H and O–H groups in total. The minimum absolute atomic E-state index is 0.0805. The van der Waals surface area contributed by atoms with Crippen molar-refractivity contribution < 1.29 is 9.53 Å². The number of carbonyl (C=O) groups is 1. The van der Waals surface area contributed by atoms with E-state index in [0.29, 0.717) is 12.6 Å². The topological polar surface area (TPSA) is 69.0 Å². The van der Waals surface area contributed by atoms with Crippen LogP contribution in [-0.4, -0.2) is 26.8 Å². The normalized spacial score (nSPS) is 16.5. The van der Waals surface area contributed by atoms with E-state index >= 15 is 0 Å². The van der Waals surface area contributed by atoms with Gasteiger partial charge < -0.3 is 10.1 Å². The highest BCUT2D eigenvalue weighted by Gasteiger charge is 2.16. The first-order valence-electron chi connectivity index (χ1n) is 8.60. The molecule has 1 aliphatic rings. The Morgan fingerprint density at radius 3 is 2.71 bits per heavy atom. The second-order valence-corrected chi connectivity index (χ2v) is 6.29. The molecule has 0 bridgehead atoms. The molecule has 0 spiro atoms. The molecular weight excluding hydrogens is 304 g/mol. The van der Waals surface area contributed by atoms with Crippen LogP contribution in [0.5, 0.6) is 5.75 Å². The summed E-state index contributed by atoms with van der Waals surface area (Å²) in [6.45, 7) is 2.28. The summed E-state index contributed by atoms with van der Waals surface area (Å²) in [6, 6.07) is 7.59. The molecule has 6 nitrogen and oxygen atoms in total. The number of benzene rings is 1. The van der Waals surface area contributed by atoms with Crippen LogP contribution in [0.1, 0.15) is 50.6 Å². The van der Waals surface area contributed by atoms with E-state index in [1.807, 2.05) is 24.3 Å². The fraction of sp³-hybridized carbons (Fsp3) is 0.500. The number of aromatic nitrogens is 3. The summed E-state index contributed by atoms with van der Waals surface area (Å²) in [4.78, 5) is 16.0. The molecule has 6 heteroatoms. The van der Waals surface area contributed by atoms with Gasteiger partial charge in [0.15, 0.2) is 0 Å². The van der Waals surface area contributed by atoms with E-state index in [0.717, 1.165) is 24.2 Å². The lowest BCUT2D eigenvalue weighted by Crippen LogP contribution is -2.30. The molecule has 3 rings (SSSR count). The van der Waals surface area contributed by atoms with Gasteiger partial charge in [-0.15, -0.1) is 0 Å². The lowest BCUT2D eigenvalue weighted by molar-refractivity contribution is -0.124. The van der Waals surface area contributed by atoms with Gasteiger partial charge in [-0.3, -0.25) is 4.79 Å². The van der Waals surface area contributed by atoms with E-state index in [1.54, 1.807) is 13.3 Å². The molecule has 1 amide bonds. The van der Waals surface area contributed by atoms with Gasteiger partial charge in [-0.25, -0.2) is 9.67 Å². The van der Waals surface area contributed by atoms with Crippen LogP contribution in [0.4, 0.5) is 0 Å². The van der Waals surface area contributed by atoms with E-state index in [9.17, 15) is 4.79 Å². The van der Waals surface area contributed by atoms with Gasteiger partial charge in [0.1, 0.15) is 24.4 Å². The van der Waals surface area contributed by atoms with Crippen LogP contribution in [-0.2, 0) is 11.3 Å². The van der Waals surface area contributed by atoms with Crippen molar-refractivity contribution in [3.05, 3.63) is 42.5 Å². The van der Waals surface area contributed by atoms with E-state index in [1.165, 1.54) is 30.3 Å². The minimum Gasteiger partial charge on any atom is -0.490 e. The predicted octanol–water partition coefficient (Wildman–Crippen LogP) is 2.87. The lowest BCUT2D eigenvalue weighted by Gasteiger charge is -2.23. The first kappa shape index (κ1) is 16.5. The smallest absolute Gasteiger partial charge is 0.244 e. The zero-order chi connectivity index (χ0) is 16.8. The number of nitrogens with zero attached hydrogens (tertiary/aromatic N) is 3. The minimum atomic E-state index is -0.374. The molecule has 1 unspecified atom stereocenters. The molecular formula is C18H24N4O2. The second-order valence-electron chi connectivity index (χ2n) is 6.29. The number of amides is 1. The summed E-state index contributed by atoms with van der Waals surface area (Å²) < 4.78 is 7.56. The Morgan fingerprint density at radius 2 is 2.04 bits per heavy atom. The molecule has 0 aliphatic heterocycles. The van der Waals surface area contributed by atoms with E-state index in [-0.39, 0.29) is 11.9 Å². The maximum absolute atomic E-state index is 12.1. The van der Waals surface area contributed by atoms with Crippen molar-refractivity contribution in [2.45, 2.75) is 57.7 Å². The van der Waals surface area contributed by atoms with Crippen molar-refractivity contribution in [2.24, 2.45) is 0 Å². The molecule has 1 fully saturated rings. The van der Waals surface area contributed by atoms with Crippen molar-refractivity contribution in [3.63, 3.8) is 0 Å². The Kier molecular flexibility index (Phi) is 5.46. The van der Waals surface area contributed by atoms with Crippen LogP contribution in [0.3, 0.4) is 0 Å². The Balaban J connectivity index is 1.48. The zero-order valence-corrected chi connectivity index (χ0v) is 14.0. The van der Waals surface area contributed by atoms with E-state index < -0.39 is 0 Å². The molecule has 2 aromatic rings. The number of ether oxygens (including phenoxy) is 1. The van der Waals surface area contributed by atoms with Crippen LogP contribution in [0.25, 0.3) is 0 Å². The summed E-state index contributed by atoms with van der Waals surface area (Å²) in [5.74, 6) is 0.830. The van der Waals surface area contributed by atoms with Gasteiger partial charge >= 0.3 is 0 Å². The molecule has 1 aromatic carbocycles. The Labute approximate surface area is 142 Å². The Hall–Kier alpha value is -2.37. The molecule has 0 radical (unpaired) electrons. The van der Waals surface area contributed by atoms with Crippen molar-refractivity contribution in [1.29, 1.82) is 0 Å². The fourth-order valence-corrected chi connectivity index (χ4v) is 2.94. The quantitative estimate of drug-likeness (QED) is 0.885. The van der Waals surface area contributed by atoms with Crippen LogP contribution in [0, 0.1) is 0 Å². The van der Waals surface area contributed by atoms with Crippen LogP contribution >= 0.6 is 0 Å². The van der Waals surface area contributed by atoms with Crippen molar-refractivity contribution in [2.75, 3.05) is 0 Å². The largest absolute Gasteiger partial charge is 0.490 e. The number of rotatable bonds is 6. The average molecular weight is 328 g/mol. The Bertz CT molecular complexity index is 634. The number of nitrogens with one attached hydrogen (secondary N) is 1. The van der Waals surface area contributed by atoms with Gasteiger partial charge in [0.25, 0.3) is 0 Å². The molecule has 1 atom stereocenters. The highest BCUT2D eigenvalue weighted by Crippen LogP contribution is 2.23. The second kappa shape index (κ2) is 7.95. The molecule has 24 heavy (non-hydrogen) atoms. The molecule has 1 saturated carbocycles. The highest BCUT2D eigenvalue weighted by atomic mass is 16.5. The van der Waals surface area contributed by atoms with E-state index in [2.05, 4.69) is 15.4 Å². The summed E-state index contributed by atoms with van der Waals surface area (Å²) in [5, 5.41) is 6.91. The third-order valence-corrected chi connectivity index (χ3v) is 4.46. The first-order valence-corrected chi connectivity index (χ1v) is 8.60. The third-order valence-electron chi connectivity index (χ3n) is 4.46. The summed E-state index contributed by atoms with van der Waals surface area (Å²) in [7, 11) is 0. The SMILES string of the molecule is CC(C(=O)NCc1ccc(OC2CCCCC2)cc1)n1cncn1. The Morgan fingerprint density at radius 1 is 1.29 bits per heavy atom. The van der Waals surface area contributed by atoms with Crippen molar-refractivity contribution in [1.82, 2.24) is 20.1 Å². The number of hydrogen-bond donors (Lipinski definition) is 1. The van der Waals surface area contributed by atoms with Gasteiger partial charge in [-0.2, -0.15) is 5.10 Å². The molecule has 1 aliphatic carbocycles. The lowest BCUT2D eigenvalue weighted by atomic mass is 9.98. The fourth-order valence-electron chi connectivity index (χ4n) is 2.94. The van der Waals surface area contributed by atoms with Gasteiger partial charge in [0, 0.05) is 6.54 Å². The summed E-state index contributed by atoms with van der Waals surface area (Å²) in [5.41, 5.74) is 1.05. The monoisotopic (exact) mass is 328 g/mol. The summed E-state index contributed by atoms with van der Waals surface area (Å²) in [6.07, 6.45) is 9.47.